The summed E-state index contributed by atoms with van der Waals surface area (Å²) in [6, 6.07) is 0.289. The maximum absolute atomic E-state index is 11.4. The lowest BCUT2D eigenvalue weighted by atomic mass is 9.85. The van der Waals surface area contributed by atoms with Crippen molar-refractivity contribution in [2.24, 2.45) is 5.41 Å². The summed E-state index contributed by atoms with van der Waals surface area (Å²) >= 11 is 5.17. The van der Waals surface area contributed by atoms with Gasteiger partial charge in [-0.15, -0.1) is 0 Å². The molecule has 74 valence electrons. The molecule has 1 rings (SSSR count). The van der Waals surface area contributed by atoms with Gasteiger partial charge in [0.15, 0.2) is 0 Å². The van der Waals surface area contributed by atoms with E-state index >= 15 is 0 Å². The van der Waals surface area contributed by atoms with Crippen molar-refractivity contribution < 1.29 is 4.79 Å². The Morgan fingerprint density at radius 3 is 2.38 bits per heavy atom. The summed E-state index contributed by atoms with van der Waals surface area (Å²) in [6.45, 7) is 8.06. The van der Waals surface area contributed by atoms with Crippen LogP contribution in [-0.2, 0) is 4.79 Å². The number of carbonyl (C=O) groups is 1. The van der Waals surface area contributed by atoms with Gasteiger partial charge >= 0.3 is 0 Å². The van der Waals surface area contributed by atoms with Gasteiger partial charge in [0, 0.05) is 19.4 Å². The summed E-state index contributed by atoms with van der Waals surface area (Å²) in [6.07, 6.45) is 1.90. The third-order valence-corrected chi connectivity index (χ3v) is 2.95. The molecule has 1 saturated heterocycles. The third kappa shape index (κ3) is 2.08. The Morgan fingerprint density at radius 1 is 1.54 bits per heavy atom. The predicted octanol–water partition coefficient (Wildman–Crippen LogP) is 2.37. The van der Waals surface area contributed by atoms with Crippen LogP contribution in [0.3, 0.4) is 0 Å². The van der Waals surface area contributed by atoms with E-state index in [1.54, 1.807) is 11.8 Å². The topological polar surface area (TPSA) is 20.3 Å². The number of hydrogen-bond donors (Lipinski definition) is 0. The zero-order chi connectivity index (χ0) is 10.2. The van der Waals surface area contributed by atoms with Gasteiger partial charge in [-0.2, -0.15) is 0 Å². The van der Waals surface area contributed by atoms with Gasteiger partial charge < -0.3 is 4.90 Å². The first-order chi connectivity index (χ1) is 5.84. The Hall–Kier alpha value is -0.440. The highest BCUT2D eigenvalue weighted by Crippen LogP contribution is 2.33. The molecule has 0 aliphatic carbocycles. The molecule has 1 atom stereocenters. The molecule has 1 aliphatic rings. The first-order valence-electron chi connectivity index (χ1n) is 4.66. The molecule has 0 aromatic carbocycles. The minimum absolute atomic E-state index is 0.0856. The predicted molar refractivity (Wildman–Crippen MR) is 57.6 cm³/mol. The van der Waals surface area contributed by atoms with Crippen molar-refractivity contribution in [1.82, 2.24) is 4.90 Å². The van der Waals surface area contributed by atoms with Crippen LogP contribution in [0.15, 0.2) is 0 Å². The van der Waals surface area contributed by atoms with Crippen molar-refractivity contribution in [3.8, 4) is 0 Å². The zero-order valence-corrected chi connectivity index (χ0v) is 9.57. The second-order valence-corrected chi connectivity index (χ2v) is 5.17. The van der Waals surface area contributed by atoms with E-state index < -0.39 is 0 Å². The molecule has 2 nitrogen and oxygen atoms in total. The Kier molecular flexibility index (Phi) is 2.76. The molecule has 0 bridgehead atoms. The van der Waals surface area contributed by atoms with Crippen LogP contribution in [0.4, 0.5) is 0 Å². The monoisotopic (exact) mass is 199 g/mol. The molecule has 0 unspecified atom stereocenters. The van der Waals surface area contributed by atoms with E-state index in [1.165, 1.54) is 0 Å². The number of rotatable bonds is 0. The average molecular weight is 199 g/mol. The smallest absolute Gasteiger partial charge is 0.224 e. The van der Waals surface area contributed by atoms with Crippen LogP contribution in [0, 0.1) is 5.41 Å². The Labute approximate surface area is 85.3 Å². The van der Waals surface area contributed by atoms with Crippen LogP contribution in [0.2, 0.25) is 0 Å². The summed E-state index contributed by atoms with van der Waals surface area (Å²) < 4.78 is 0. The number of carbonyl (C=O) groups excluding carboxylic acids is 1. The van der Waals surface area contributed by atoms with Crippen LogP contribution in [-0.4, -0.2) is 21.8 Å². The van der Waals surface area contributed by atoms with Gasteiger partial charge in [-0.3, -0.25) is 4.79 Å². The first kappa shape index (κ1) is 10.6. The molecule has 0 aromatic rings. The van der Waals surface area contributed by atoms with Gasteiger partial charge in [-0.1, -0.05) is 33.0 Å². The number of likely N-dealkylation sites (tertiary alicyclic amines) is 1. The van der Waals surface area contributed by atoms with E-state index in [2.05, 4.69) is 20.8 Å². The van der Waals surface area contributed by atoms with Gasteiger partial charge in [0.1, 0.15) is 0 Å². The van der Waals surface area contributed by atoms with E-state index in [4.69, 9.17) is 12.2 Å². The minimum atomic E-state index is 0.0856. The highest BCUT2D eigenvalue weighted by molar-refractivity contribution is 7.80. The standard InChI is InChI=1S/C10H17NOS/c1-7(12)11-8(10(2,3)4)5-6-9(11)13/h8H,5-6H2,1-4H3/t8-/m1/s1. The Bertz CT molecular complexity index is 242. The molecule has 0 spiro atoms. The van der Waals surface area contributed by atoms with Gasteiger partial charge in [0.05, 0.1) is 4.99 Å². The fraction of sp³-hybridized carbons (Fsp3) is 0.800. The van der Waals surface area contributed by atoms with Crippen LogP contribution < -0.4 is 0 Å². The minimum Gasteiger partial charge on any atom is -0.303 e. The maximum Gasteiger partial charge on any atom is 0.224 e. The van der Waals surface area contributed by atoms with Crippen molar-refractivity contribution in [2.75, 3.05) is 0 Å². The van der Waals surface area contributed by atoms with Crippen LogP contribution in [0.25, 0.3) is 0 Å². The largest absolute Gasteiger partial charge is 0.303 e. The van der Waals surface area contributed by atoms with Crippen molar-refractivity contribution >= 4 is 23.1 Å². The molecule has 0 N–H and O–H groups in total. The Balaban J connectivity index is 2.88. The molecule has 1 aliphatic heterocycles. The van der Waals surface area contributed by atoms with Crippen LogP contribution in [0.5, 0.6) is 0 Å². The second kappa shape index (κ2) is 3.37. The second-order valence-electron chi connectivity index (χ2n) is 4.70. The molecule has 3 heteroatoms. The summed E-state index contributed by atoms with van der Waals surface area (Å²) in [5.74, 6) is 0.0856. The lowest BCUT2D eigenvalue weighted by Crippen LogP contribution is -2.43. The quantitative estimate of drug-likeness (QED) is 0.558. The van der Waals surface area contributed by atoms with E-state index in [0.717, 1.165) is 17.8 Å². The van der Waals surface area contributed by atoms with Gasteiger partial charge in [0.25, 0.3) is 0 Å². The fourth-order valence-electron chi connectivity index (χ4n) is 1.90. The van der Waals surface area contributed by atoms with Crippen LogP contribution in [0.1, 0.15) is 40.5 Å². The lowest BCUT2D eigenvalue weighted by molar-refractivity contribution is -0.127. The Morgan fingerprint density at radius 2 is 2.08 bits per heavy atom. The summed E-state index contributed by atoms with van der Waals surface area (Å²) in [5, 5.41) is 0. The fourth-order valence-corrected chi connectivity index (χ4v) is 2.27. The molecular weight excluding hydrogens is 182 g/mol. The first-order valence-corrected chi connectivity index (χ1v) is 5.07. The number of amides is 1. The molecule has 13 heavy (non-hydrogen) atoms. The van der Waals surface area contributed by atoms with Crippen molar-refractivity contribution in [2.45, 2.75) is 46.6 Å². The third-order valence-electron chi connectivity index (χ3n) is 2.55. The van der Waals surface area contributed by atoms with Crippen molar-refractivity contribution in [1.29, 1.82) is 0 Å². The number of hydrogen-bond acceptors (Lipinski definition) is 2. The summed E-state index contributed by atoms with van der Waals surface area (Å²) in [7, 11) is 0. The van der Waals surface area contributed by atoms with E-state index in [9.17, 15) is 4.79 Å². The molecular formula is C10H17NOS. The molecule has 0 radical (unpaired) electrons. The van der Waals surface area contributed by atoms with Gasteiger partial charge in [-0.05, 0) is 11.8 Å². The molecule has 1 amide bonds. The SMILES string of the molecule is CC(=O)N1C(=S)CC[C@@H]1C(C)(C)C. The lowest BCUT2D eigenvalue weighted by Gasteiger charge is -2.34. The molecule has 1 heterocycles. The molecule has 0 saturated carbocycles. The average Bonchev–Trinajstić information content (AvgIpc) is 2.28. The number of thiocarbonyl (C=S) groups is 1. The highest BCUT2D eigenvalue weighted by atomic mass is 32.1. The van der Waals surface area contributed by atoms with Gasteiger partial charge in [0.2, 0.25) is 5.91 Å². The van der Waals surface area contributed by atoms with Crippen LogP contribution >= 0.6 is 12.2 Å². The van der Waals surface area contributed by atoms with E-state index in [-0.39, 0.29) is 17.4 Å². The number of nitrogens with zero attached hydrogens (tertiary/aromatic N) is 1. The molecule has 1 fully saturated rings. The van der Waals surface area contributed by atoms with E-state index in [1.807, 2.05) is 0 Å². The normalized spacial score (nSPS) is 23.8. The van der Waals surface area contributed by atoms with E-state index in [0.29, 0.717) is 0 Å². The van der Waals surface area contributed by atoms with Crippen molar-refractivity contribution in [3.63, 3.8) is 0 Å². The maximum atomic E-state index is 11.4. The van der Waals surface area contributed by atoms with Gasteiger partial charge in [-0.25, -0.2) is 0 Å². The summed E-state index contributed by atoms with van der Waals surface area (Å²) in [5.41, 5.74) is 0.131. The zero-order valence-electron chi connectivity index (χ0n) is 8.76. The highest BCUT2D eigenvalue weighted by Gasteiger charge is 2.38. The molecule has 0 aromatic heterocycles. The van der Waals surface area contributed by atoms with Crippen molar-refractivity contribution in [3.05, 3.63) is 0 Å². The summed E-state index contributed by atoms with van der Waals surface area (Å²) in [4.78, 5) is 14.0.